The van der Waals surface area contributed by atoms with Crippen molar-refractivity contribution >= 4 is 15.8 Å². The molecule has 1 aromatic carbocycles. The van der Waals surface area contributed by atoms with Crippen LogP contribution in [0.25, 0.3) is 5.82 Å². The summed E-state index contributed by atoms with van der Waals surface area (Å²) in [6.45, 7) is 6.36. The minimum Gasteiger partial charge on any atom is -0.367 e. The summed E-state index contributed by atoms with van der Waals surface area (Å²) < 4.78 is 41.9. The van der Waals surface area contributed by atoms with Crippen LogP contribution >= 0.6 is 0 Å². The molecule has 154 valence electrons. The van der Waals surface area contributed by atoms with Crippen LogP contribution in [-0.2, 0) is 15.8 Å². The fraction of sp³-hybridized carbons (Fsp3) is 0.316. The van der Waals surface area contributed by atoms with Crippen LogP contribution in [0.3, 0.4) is 0 Å². The summed E-state index contributed by atoms with van der Waals surface area (Å²) in [6.07, 6.45) is 0. The SMILES string of the molecule is Cc1nn(-c2ccc(NCCNS(=O)(=O)Cc3ccccc3F)nn2)c(C)c1C. The van der Waals surface area contributed by atoms with E-state index in [4.69, 9.17) is 0 Å². The van der Waals surface area contributed by atoms with Crippen molar-refractivity contribution in [3.05, 3.63) is 64.7 Å². The van der Waals surface area contributed by atoms with Gasteiger partial charge in [-0.05, 0) is 44.5 Å². The highest BCUT2D eigenvalue weighted by molar-refractivity contribution is 7.88. The van der Waals surface area contributed by atoms with Crippen molar-refractivity contribution in [1.82, 2.24) is 24.7 Å². The fourth-order valence-corrected chi connectivity index (χ4v) is 3.90. The zero-order chi connectivity index (χ0) is 21.0. The Kier molecular flexibility index (Phi) is 6.23. The number of aromatic nitrogens is 4. The number of nitrogens with zero attached hydrogens (tertiary/aromatic N) is 4. The van der Waals surface area contributed by atoms with E-state index in [1.165, 1.54) is 18.2 Å². The maximum Gasteiger partial charge on any atom is 0.215 e. The molecule has 0 atom stereocenters. The maximum atomic E-state index is 13.6. The van der Waals surface area contributed by atoms with Crippen molar-refractivity contribution in [2.24, 2.45) is 0 Å². The number of anilines is 1. The second-order valence-electron chi connectivity index (χ2n) is 6.66. The van der Waals surface area contributed by atoms with Gasteiger partial charge in [0.1, 0.15) is 11.6 Å². The van der Waals surface area contributed by atoms with Crippen LogP contribution in [0.2, 0.25) is 0 Å². The van der Waals surface area contributed by atoms with Crippen LogP contribution in [0.1, 0.15) is 22.5 Å². The van der Waals surface area contributed by atoms with E-state index in [1.807, 2.05) is 20.8 Å². The third kappa shape index (κ3) is 5.15. The molecule has 8 nitrogen and oxygen atoms in total. The van der Waals surface area contributed by atoms with E-state index < -0.39 is 21.6 Å². The van der Waals surface area contributed by atoms with Crippen LogP contribution in [0.5, 0.6) is 0 Å². The highest BCUT2D eigenvalue weighted by Gasteiger charge is 2.14. The van der Waals surface area contributed by atoms with Crippen molar-refractivity contribution in [3.8, 4) is 5.82 Å². The number of hydrogen-bond acceptors (Lipinski definition) is 6. The molecule has 0 saturated heterocycles. The molecule has 10 heteroatoms. The second kappa shape index (κ2) is 8.66. The minimum absolute atomic E-state index is 0.133. The number of halogens is 1. The third-order valence-electron chi connectivity index (χ3n) is 4.58. The van der Waals surface area contributed by atoms with Crippen LogP contribution in [0.15, 0.2) is 36.4 Å². The summed E-state index contributed by atoms with van der Waals surface area (Å²) in [7, 11) is -3.64. The molecular weight excluding hydrogens is 395 g/mol. The number of aryl methyl sites for hydroxylation is 1. The molecule has 3 aromatic rings. The highest BCUT2D eigenvalue weighted by atomic mass is 32.2. The summed E-state index contributed by atoms with van der Waals surface area (Å²) in [5, 5.41) is 15.7. The lowest BCUT2D eigenvalue weighted by atomic mass is 10.2. The molecule has 0 saturated carbocycles. The van der Waals surface area contributed by atoms with Crippen LogP contribution in [0, 0.1) is 26.6 Å². The van der Waals surface area contributed by atoms with Gasteiger partial charge in [-0.15, -0.1) is 10.2 Å². The summed E-state index contributed by atoms with van der Waals surface area (Å²) in [5.74, 6) is 0.176. The molecule has 29 heavy (non-hydrogen) atoms. The first-order chi connectivity index (χ1) is 13.8. The van der Waals surface area contributed by atoms with Gasteiger partial charge in [-0.1, -0.05) is 18.2 Å². The first-order valence-corrected chi connectivity index (χ1v) is 10.7. The first kappa shape index (κ1) is 20.9. The van der Waals surface area contributed by atoms with Crippen LogP contribution in [0.4, 0.5) is 10.2 Å². The first-order valence-electron chi connectivity index (χ1n) is 9.08. The Morgan fingerprint density at radius 1 is 1.03 bits per heavy atom. The lowest BCUT2D eigenvalue weighted by Gasteiger charge is -2.09. The number of rotatable bonds is 8. The molecule has 0 aliphatic rings. The summed E-state index contributed by atoms with van der Waals surface area (Å²) in [5.41, 5.74) is 3.18. The Bertz CT molecular complexity index is 1100. The molecule has 0 aliphatic carbocycles. The van der Waals surface area contributed by atoms with Gasteiger partial charge in [-0.2, -0.15) is 5.10 Å². The molecule has 0 radical (unpaired) electrons. The molecule has 3 rings (SSSR count). The zero-order valence-electron chi connectivity index (χ0n) is 16.5. The Labute approximate surface area is 169 Å². The van der Waals surface area contributed by atoms with E-state index in [2.05, 4.69) is 25.3 Å². The number of sulfonamides is 1. The lowest BCUT2D eigenvalue weighted by molar-refractivity contribution is 0.575. The Hall–Kier alpha value is -2.85. The monoisotopic (exact) mass is 418 g/mol. The van der Waals surface area contributed by atoms with Gasteiger partial charge in [0.15, 0.2) is 5.82 Å². The molecule has 0 amide bonds. The quantitative estimate of drug-likeness (QED) is 0.544. The molecule has 0 fully saturated rings. The smallest absolute Gasteiger partial charge is 0.215 e. The molecule has 2 heterocycles. The summed E-state index contributed by atoms with van der Waals surface area (Å²) >= 11 is 0. The van der Waals surface area contributed by atoms with E-state index in [1.54, 1.807) is 22.9 Å². The van der Waals surface area contributed by atoms with E-state index in [0.29, 0.717) is 18.2 Å². The minimum atomic E-state index is -3.64. The van der Waals surface area contributed by atoms with Crippen molar-refractivity contribution in [2.75, 3.05) is 18.4 Å². The van der Waals surface area contributed by atoms with Crippen LogP contribution < -0.4 is 10.0 Å². The normalized spacial score (nSPS) is 11.6. The second-order valence-corrected chi connectivity index (χ2v) is 8.46. The molecule has 2 N–H and O–H groups in total. The van der Waals surface area contributed by atoms with Gasteiger partial charge in [0.2, 0.25) is 10.0 Å². The predicted molar refractivity (Wildman–Crippen MR) is 109 cm³/mol. The topological polar surface area (TPSA) is 102 Å². The molecule has 0 bridgehead atoms. The predicted octanol–water partition coefficient (Wildman–Crippen LogP) is 2.26. The molecule has 0 unspecified atom stereocenters. The average Bonchev–Trinajstić information content (AvgIpc) is 2.95. The molecule has 0 aliphatic heterocycles. The van der Waals surface area contributed by atoms with Gasteiger partial charge < -0.3 is 5.32 Å². The average molecular weight is 418 g/mol. The Balaban J connectivity index is 1.52. The summed E-state index contributed by atoms with van der Waals surface area (Å²) in [4.78, 5) is 0. The van der Waals surface area contributed by atoms with Gasteiger partial charge in [-0.25, -0.2) is 22.2 Å². The zero-order valence-corrected chi connectivity index (χ0v) is 17.3. The number of nitrogens with one attached hydrogen (secondary N) is 2. The van der Waals surface area contributed by atoms with Crippen LogP contribution in [-0.4, -0.2) is 41.5 Å². The third-order valence-corrected chi connectivity index (χ3v) is 5.91. The van der Waals surface area contributed by atoms with Gasteiger partial charge in [0.05, 0.1) is 11.4 Å². The largest absolute Gasteiger partial charge is 0.367 e. The van der Waals surface area contributed by atoms with E-state index in [9.17, 15) is 12.8 Å². The maximum absolute atomic E-state index is 13.6. The Morgan fingerprint density at radius 3 is 2.41 bits per heavy atom. The van der Waals surface area contributed by atoms with Gasteiger partial charge in [0, 0.05) is 24.3 Å². The van der Waals surface area contributed by atoms with E-state index >= 15 is 0 Å². The highest BCUT2D eigenvalue weighted by Crippen LogP contribution is 2.15. The van der Waals surface area contributed by atoms with Crippen molar-refractivity contribution in [2.45, 2.75) is 26.5 Å². The van der Waals surface area contributed by atoms with E-state index in [0.717, 1.165) is 17.0 Å². The molecular formula is C19H23FN6O2S. The lowest BCUT2D eigenvalue weighted by Crippen LogP contribution is -2.30. The van der Waals surface area contributed by atoms with E-state index in [-0.39, 0.29) is 12.1 Å². The van der Waals surface area contributed by atoms with Gasteiger partial charge in [0.25, 0.3) is 0 Å². The molecule has 0 spiro atoms. The fourth-order valence-electron chi connectivity index (χ4n) is 2.74. The van der Waals surface area contributed by atoms with Crippen molar-refractivity contribution < 1.29 is 12.8 Å². The van der Waals surface area contributed by atoms with Gasteiger partial charge >= 0.3 is 0 Å². The van der Waals surface area contributed by atoms with Crippen molar-refractivity contribution in [1.29, 1.82) is 0 Å². The molecule has 2 aromatic heterocycles. The van der Waals surface area contributed by atoms with Gasteiger partial charge in [-0.3, -0.25) is 0 Å². The summed E-state index contributed by atoms with van der Waals surface area (Å²) in [6, 6.07) is 9.35. The standard InChI is InChI=1S/C19H23FN6O2S/c1-13-14(2)25-26(15(13)3)19-9-8-18(23-24-19)21-10-11-22-29(27,28)12-16-6-4-5-7-17(16)20/h4-9,22H,10-12H2,1-3H3,(H,21,23). The van der Waals surface area contributed by atoms with Crippen molar-refractivity contribution in [3.63, 3.8) is 0 Å². The Morgan fingerprint density at radius 2 is 1.79 bits per heavy atom. The number of hydrogen-bond donors (Lipinski definition) is 2. The number of benzene rings is 1.